The van der Waals surface area contributed by atoms with Crippen LogP contribution in [0.5, 0.6) is 0 Å². The van der Waals surface area contributed by atoms with Crippen LogP contribution in [-0.4, -0.2) is 69.7 Å². The van der Waals surface area contributed by atoms with Crippen LogP contribution in [0.4, 0.5) is 0 Å². The predicted octanol–water partition coefficient (Wildman–Crippen LogP) is 8.49. The molecule has 0 unspecified atom stereocenters. The maximum Gasteiger partial charge on any atom is 0.309 e. The minimum atomic E-state index is -0.838. The van der Waals surface area contributed by atoms with Crippen LogP contribution in [0.25, 0.3) is 0 Å². The monoisotopic (exact) mass is 830 g/mol. The molecule has 0 spiro atoms. The van der Waals surface area contributed by atoms with E-state index in [0.717, 1.165) is 62.6 Å². The fourth-order valence-corrected chi connectivity index (χ4v) is 15.0. The van der Waals surface area contributed by atoms with Gasteiger partial charge in [0.15, 0.2) is 5.78 Å². The van der Waals surface area contributed by atoms with E-state index in [9.17, 15) is 29.4 Å². The molecular formula is C50H75N3O7. The van der Waals surface area contributed by atoms with E-state index in [0.29, 0.717) is 43.3 Å². The molecule has 0 aliphatic heterocycles. The largest absolute Gasteiger partial charge is 0.481 e. The van der Waals surface area contributed by atoms with Crippen molar-refractivity contribution in [1.29, 1.82) is 0 Å². The number of hydrogen-bond donors (Lipinski definition) is 4. The number of hydrogen-bond acceptors (Lipinski definition) is 8. The molecule has 5 saturated carbocycles. The summed E-state index contributed by atoms with van der Waals surface area (Å²) in [6.07, 6.45) is 9.02. The van der Waals surface area contributed by atoms with Gasteiger partial charge in [-0.15, -0.1) is 0 Å². The number of aliphatic hydroxyl groups excluding tert-OH is 1. The molecule has 0 radical (unpaired) electrons. The lowest BCUT2D eigenvalue weighted by Crippen LogP contribution is -2.66. The van der Waals surface area contributed by atoms with Gasteiger partial charge < -0.3 is 25.6 Å². The molecule has 4 N–H and O–H groups in total. The Hall–Kier alpha value is -3.11. The van der Waals surface area contributed by atoms with E-state index in [2.05, 4.69) is 64.1 Å². The molecule has 1 aromatic rings. The second-order valence-corrected chi connectivity index (χ2v) is 23.3. The summed E-state index contributed by atoms with van der Waals surface area (Å²) in [7, 11) is 0. The van der Waals surface area contributed by atoms with Crippen molar-refractivity contribution in [2.75, 3.05) is 13.1 Å². The third kappa shape index (κ3) is 6.82. The molecule has 5 fully saturated rings. The second-order valence-electron chi connectivity index (χ2n) is 23.3. The molecule has 10 nitrogen and oxygen atoms in total. The fraction of sp³-hybridized carbons (Fsp3) is 0.780. The topological polar surface area (TPSA) is 155 Å². The number of carboxylic acids is 1. The first-order valence-electron chi connectivity index (χ1n) is 23.1. The van der Waals surface area contributed by atoms with Crippen LogP contribution < -0.4 is 10.6 Å². The number of Topliss-reactive ketones (excluding diaryl/α,β-unsaturated/α-hetero) is 1. The summed E-state index contributed by atoms with van der Waals surface area (Å²) in [5.74, 6) is -0.868. The first-order chi connectivity index (χ1) is 27.8. The lowest BCUT2D eigenvalue weighted by molar-refractivity contribution is -0.238. The van der Waals surface area contributed by atoms with Crippen LogP contribution >= 0.6 is 0 Å². The van der Waals surface area contributed by atoms with Crippen molar-refractivity contribution in [1.82, 2.24) is 15.6 Å². The van der Waals surface area contributed by atoms with Crippen LogP contribution in [0.1, 0.15) is 156 Å². The summed E-state index contributed by atoms with van der Waals surface area (Å²) in [5, 5.41) is 28.7. The number of nitrogens with one attached hydrogen (secondary N) is 2. The number of aliphatic carboxylic acids is 1. The molecule has 10 heteroatoms. The number of aryl methyl sites for hydroxylation is 1. The number of ether oxygens (including phenoxy) is 1. The van der Waals surface area contributed by atoms with Crippen LogP contribution in [0.2, 0.25) is 0 Å². The van der Waals surface area contributed by atoms with Gasteiger partial charge in [0.25, 0.3) is 5.91 Å². The number of esters is 1. The standard InChI is InChI=1S/C50H75N3O7/c1-28(2)39-34(54)24-50(37(55)26-51-27-44(4,5)53-41(56)30-14-13-29(3)52-25-30)22-21-48(11)31(40(39)50)15-16-36-47(10)19-18-38(46(8,9)35(47)17-20-49(36,48)12)60-43(59)33-23-32(42(57)58)45(33,6)7/h13-14,25,28,31-33,35-38,51,55H,15-24,26-27H2,1-12H3,(H,53,56)(H,57,58)/t31-,32+,33-,35+,36-,37+,38+,47+,48-,49-,50+/m1/s1. The number of nitrogens with zero attached hydrogens (tertiary/aromatic N) is 1. The SMILES string of the molecule is Cc1ccc(C(=O)NC(C)(C)CNC[C@H](O)[C@@]23CC[C@]4(C)[C@H](CC[C@@H]5[C@@]6(C)CC[C@H](OC(=O)[C@H]7C[C@@H](C(=O)O)C7(C)C)C(C)(C)[C@@H]6CC[C@]54C)C2=C(C(C)C)C(=O)C3)cn1. The number of aromatic nitrogens is 1. The van der Waals surface area contributed by atoms with Crippen molar-refractivity contribution in [2.24, 2.45) is 68.0 Å². The molecule has 1 heterocycles. The van der Waals surface area contributed by atoms with Crippen molar-refractivity contribution in [3.63, 3.8) is 0 Å². The lowest BCUT2D eigenvalue weighted by Gasteiger charge is -2.72. The first kappa shape index (κ1) is 44.9. The minimum Gasteiger partial charge on any atom is -0.481 e. The summed E-state index contributed by atoms with van der Waals surface area (Å²) in [6, 6.07) is 3.61. The second kappa shape index (κ2) is 15.0. The number of allylic oxidation sites excluding steroid dienone is 1. The minimum absolute atomic E-state index is 0.0217. The van der Waals surface area contributed by atoms with E-state index in [1.807, 2.05) is 40.7 Å². The molecule has 1 aromatic heterocycles. The third-order valence-corrected chi connectivity index (χ3v) is 18.7. The van der Waals surface area contributed by atoms with Gasteiger partial charge in [-0.05, 0) is 142 Å². The van der Waals surface area contributed by atoms with Crippen molar-refractivity contribution < 1.29 is 34.1 Å². The van der Waals surface area contributed by atoms with Crippen LogP contribution in [0.15, 0.2) is 29.5 Å². The molecular weight excluding hydrogens is 755 g/mol. The van der Waals surface area contributed by atoms with Crippen molar-refractivity contribution in [2.45, 2.75) is 165 Å². The molecule has 0 saturated heterocycles. The highest BCUT2D eigenvalue weighted by molar-refractivity contribution is 6.01. The predicted molar refractivity (Wildman–Crippen MR) is 232 cm³/mol. The summed E-state index contributed by atoms with van der Waals surface area (Å²) >= 11 is 0. The third-order valence-electron chi connectivity index (χ3n) is 18.7. The number of fused-ring (bicyclic) bond motifs is 7. The Labute approximate surface area is 359 Å². The molecule has 0 bridgehead atoms. The van der Waals surface area contributed by atoms with Gasteiger partial charge in [0.05, 0.1) is 23.5 Å². The first-order valence-corrected chi connectivity index (χ1v) is 23.1. The molecule has 6 aliphatic rings. The van der Waals surface area contributed by atoms with Gasteiger partial charge in [-0.2, -0.15) is 0 Å². The van der Waals surface area contributed by atoms with E-state index in [1.165, 1.54) is 5.57 Å². The zero-order valence-electron chi connectivity index (χ0n) is 38.7. The van der Waals surface area contributed by atoms with Crippen LogP contribution in [0, 0.1) is 74.9 Å². The molecule has 11 atom stereocenters. The Morgan fingerprint density at radius 2 is 1.60 bits per heavy atom. The molecule has 332 valence electrons. The zero-order chi connectivity index (χ0) is 44.2. The van der Waals surface area contributed by atoms with E-state index in [-0.39, 0.29) is 57.3 Å². The highest BCUT2D eigenvalue weighted by Gasteiger charge is 2.71. The molecule has 60 heavy (non-hydrogen) atoms. The van der Waals surface area contributed by atoms with Crippen molar-refractivity contribution >= 4 is 23.6 Å². The smallest absolute Gasteiger partial charge is 0.309 e. The quantitative estimate of drug-likeness (QED) is 0.161. The van der Waals surface area contributed by atoms with Gasteiger partial charge in [-0.25, -0.2) is 0 Å². The van der Waals surface area contributed by atoms with Crippen LogP contribution in [0.3, 0.4) is 0 Å². The maximum atomic E-state index is 14.2. The molecule has 0 aromatic carbocycles. The Kier molecular flexibility index (Phi) is 11.2. The van der Waals surface area contributed by atoms with Crippen molar-refractivity contribution in [3.8, 4) is 0 Å². The Bertz CT molecular complexity index is 1930. The number of aliphatic hydroxyl groups is 1. The molecule has 7 rings (SSSR count). The zero-order valence-corrected chi connectivity index (χ0v) is 38.7. The normalized spacial score (nSPS) is 38.5. The summed E-state index contributed by atoms with van der Waals surface area (Å²) < 4.78 is 6.43. The van der Waals surface area contributed by atoms with E-state index in [1.54, 1.807) is 12.3 Å². The van der Waals surface area contributed by atoms with E-state index in [4.69, 9.17) is 4.74 Å². The number of ketones is 1. The summed E-state index contributed by atoms with van der Waals surface area (Å²) in [6.45, 7) is 26.9. The average Bonchev–Trinajstić information content (AvgIpc) is 3.45. The van der Waals surface area contributed by atoms with Crippen LogP contribution in [-0.2, 0) is 19.1 Å². The van der Waals surface area contributed by atoms with E-state index < -0.39 is 40.3 Å². The Balaban J connectivity index is 1.08. The van der Waals surface area contributed by atoms with Crippen molar-refractivity contribution in [3.05, 3.63) is 40.7 Å². The van der Waals surface area contributed by atoms with Gasteiger partial charge in [-0.3, -0.25) is 24.2 Å². The van der Waals surface area contributed by atoms with E-state index >= 15 is 0 Å². The number of carbonyl (C=O) groups excluding carboxylic acids is 3. The molecule has 1 amide bonds. The highest BCUT2D eigenvalue weighted by atomic mass is 16.5. The van der Waals surface area contributed by atoms with Gasteiger partial charge in [0.2, 0.25) is 0 Å². The van der Waals surface area contributed by atoms with Gasteiger partial charge in [0.1, 0.15) is 6.10 Å². The summed E-state index contributed by atoms with van der Waals surface area (Å²) in [4.78, 5) is 57.0. The Morgan fingerprint density at radius 3 is 2.22 bits per heavy atom. The highest BCUT2D eigenvalue weighted by Crippen LogP contribution is 2.77. The van der Waals surface area contributed by atoms with Gasteiger partial charge in [0, 0.05) is 47.8 Å². The number of carboxylic acid groups (broad SMARTS) is 1. The van der Waals surface area contributed by atoms with Gasteiger partial charge >= 0.3 is 11.9 Å². The summed E-state index contributed by atoms with van der Waals surface area (Å²) in [5.41, 5.74) is 1.53. The van der Waals surface area contributed by atoms with Gasteiger partial charge in [-0.1, -0.05) is 67.9 Å². The lowest BCUT2D eigenvalue weighted by atomic mass is 9.33. The number of pyridine rings is 1. The average molecular weight is 830 g/mol. The molecule has 6 aliphatic carbocycles. The maximum absolute atomic E-state index is 14.2. The Morgan fingerprint density at radius 1 is 0.900 bits per heavy atom. The number of rotatable bonds is 11. The number of carbonyl (C=O) groups is 4. The number of amides is 1. The fourth-order valence-electron chi connectivity index (χ4n) is 15.0.